The number of amides is 1. The molecule has 162 valence electrons. The van der Waals surface area contributed by atoms with Gasteiger partial charge in [-0.2, -0.15) is 4.31 Å². The van der Waals surface area contributed by atoms with E-state index < -0.39 is 16.1 Å². The van der Waals surface area contributed by atoms with E-state index in [4.69, 9.17) is 14.2 Å². The number of carbonyl (C=O) groups is 1. The number of ether oxygens (including phenoxy) is 3. The molecule has 1 fully saturated rings. The summed E-state index contributed by atoms with van der Waals surface area (Å²) in [5.41, 5.74) is 0. The number of sulfonamides is 1. The van der Waals surface area contributed by atoms with E-state index in [1.807, 2.05) is 0 Å². The summed E-state index contributed by atoms with van der Waals surface area (Å²) >= 11 is 0. The molecule has 8 nitrogen and oxygen atoms in total. The van der Waals surface area contributed by atoms with Gasteiger partial charge < -0.3 is 19.5 Å². The predicted octanol–water partition coefficient (Wildman–Crippen LogP) is 1.93. The summed E-state index contributed by atoms with van der Waals surface area (Å²) in [5, 5.41) is 2.85. The Hall–Kier alpha value is -1.84. The standard InChI is InChI=1S/C20H30N2O6S/c1-2-3-11-26-12-5-9-21-20(23)17-6-4-10-22(17)29(24,25)16-7-8-18-19(15-16)28-14-13-27-18/h7-8,15,17H,2-6,9-14H2,1H3,(H,21,23). The highest BCUT2D eigenvalue weighted by Crippen LogP contribution is 2.34. The van der Waals surface area contributed by atoms with Gasteiger partial charge in [0.25, 0.3) is 0 Å². The van der Waals surface area contributed by atoms with Crippen molar-refractivity contribution in [3.63, 3.8) is 0 Å². The van der Waals surface area contributed by atoms with Crippen molar-refractivity contribution in [1.82, 2.24) is 9.62 Å². The first-order chi connectivity index (χ1) is 14.0. The molecule has 1 N–H and O–H groups in total. The highest BCUT2D eigenvalue weighted by molar-refractivity contribution is 7.89. The zero-order chi connectivity index (χ0) is 20.7. The lowest BCUT2D eigenvalue weighted by Gasteiger charge is -2.24. The predicted molar refractivity (Wildman–Crippen MR) is 108 cm³/mol. The van der Waals surface area contributed by atoms with Crippen LogP contribution < -0.4 is 14.8 Å². The first-order valence-electron chi connectivity index (χ1n) is 10.3. The molecule has 0 aromatic heterocycles. The fourth-order valence-electron chi connectivity index (χ4n) is 3.46. The van der Waals surface area contributed by atoms with Gasteiger partial charge in [-0.1, -0.05) is 13.3 Å². The Morgan fingerprint density at radius 1 is 1.21 bits per heavy atom. The minimum Gasteiger partial charge on any atom is -0.486 e. The molecular weight excluding hydrogens is 396 g/mol. The first kappa shape index (κ1) is 21.9. The zero-order valence-corrected chi connectivity index (χ0v) is 17.7. The van der Waals surface area contributed by atoms with Crippen molar-refractivity contribution >= 4 is 15.9 Å². The maximum absolute atomic E-state index is 13.1. The van der Waals surface area contributed by atoms with E-state index in [9.17, 15) is 13.2 Å². The van der Waals surface area contributed by atoms with Crippen LogP contribution in [0.3, 0.4) is 0 Å². The second-order valence-corrected chi connectivity index (χ2v) is 9.08. The summed E-state index contributed by atoms with van der Waals surface area (Å²) in [6, 6.07) is 3.90. The van der Waals surface area contributed by atoms with Gasteiger partial charge in [0.1, 0.15) is 19.3 Å². The van der Waals surface area contributed by atoms with Crippen molar-refractivity contribution in [2.24, 2.45) is 0 Å². The van der Waals surface area contributed by atoms with Gasteiger partial charge in [-0.3, -0.25) is 4.79 Å². The van der Waals surface area contributed by atoms with Crippen LogP contribution in [0, 0.1) is 0 Å². The summed E-state index contributed by atoms with van der Waals surface area (Å²) < 4.78 is 44.0. The molecule has 3 rings (SSSR count). The number of carbonyl (C=O) groups excluding carboxylic acids is 1. The van der Waals surface area contributed by atoms with E-state index in [0.717, 1.165) is 19.4 Å². The lowest BCUT2D eigenvalue weighted by Crippen LogP contribution is -2.46. The lowest BCUT2D eigenvalue weighted by molar-refractivity contribution is -0.124. The molecular formula is C20H30N2O6S. The molecule has 1 unspecified atom stereocenters. The zero-order valence-electron chi connectivity index (χ0n) is 16.9. The van der Waals surface area contributed by atoms with E-state index >= 15 is 0 Å². The van der Waals surface area contributed by atoms with Crippen LogP contribution >= 0.6 is 0 Å². The van der Waals surface area contributed by atoms with Crippen LogP contribution in [0.4, 0.5) is 0 Å². The molecule has 1 atom stereocenters. The molecule has 2 heterocycles. The molecule has 0 aliphatic carbocycles. The number of benzene rings is 1. The third-order valence-corrected chi connectivity index (χ3v) is 6.94. The van der Waals surface area contributed by atoms with Crippen LogP contribution in [-0.4, -0.2) is 64.2 Å². The number of nitrogens with zero attached hydrogens (tertiary/aromatic N) is 1. The van der Waals surface area contributed by atoms with Gasteiger partial charge in [0.2, 0.25) is 15.9 Å². The maximum Gasteiger partial charge on any atom is 0.243 e. The van der Waals surface area contributed by atoms with E-state index in [2.05, 4.69) is 12.2 Å². The third-order valence-electron chi connectivity index (χ3n) is 5.03. The average molecular weight is 427 g/mol. The highest BCUT2D eigenvalue weighted by Gasteiger charge is 2.39. The Kier molecular flexibility index (Phi) is 7.74. The molecule has 2 aliphatic heterocycles. The van der Waals surface area contributed by atoms with Gasteiger partial charge in [0, 0.05) is 32.4 Å². The number of fused-ring (bicyclic) bond motifs is 1. The Bertz CT molecular complexity index is 798. The van der Waals surface area contributed by atoms with Gasteiger partial charge >= 0.3 is 0 Å². The van der Waals surface area contributed by atoms with Gasteiger partial charge in [0.15, 0.2) is 11.5 Å². The van der Waals surface area contributed by atoms with Gasteiger partial charge in [0.05, 0.1) is 4.90 Å². The van der Waals surface area contributed by atoms with Crippen LogP contribution in [0.25, 0.3) is 0 Å². The molecule has 9 heteroatoms. The van der Waals surface area contributed by atoms with Crippen LogP contribution in [0.2, 0.25) is 0 Å². The summed E-state index contributed by atoms with van der Waals surface area (Å²) in [5.74, 6) is 0.699. The van der Waals surface area contributed by atoms with Crippen molar-refractivity contribution in [3.8, 4) is 11.5 Å². The monoisotopic (exact) mass is 426 g/mol. The molecule has 29 heavy (non-hydrogen) atoms. The Morgan fingerprint density at radius 3 is 2.76 bits per heavy atom. The van der Waals surface area contributed by atoms with Crippen LogP contribution in [-0.2, 0) is 19.6 Å². The molecule has 1 saturated heterocycles. The number of unbranched alkanes of at least 4 members (excludes halogenated alkanes) is 1. The smallest absolute Gasteiger partial charge is 0.243 e. The average Bonchev–Trinajstić information content (AvgIpc) is 3.23. The van der Waals surface area contributed by atoms with Gasteiger partial charge in [-0.25, -0.2) is 8.42 Å². The quantitative estimate of drug-likeness (QED) is 0.575. The number of nitrogens with one attached hydrogen (secondary N) is 1. The fraction of sp³-hybridized carbons (Fsp3) is 0.650. The molecule has 0 saturated carbocycles. The number of hydrogen-bond acceptors (Lipinski definition) is 6. The van der Waals surface area contributed by atoms with Crippen molar-refractivity contribution in [3.05, 3.63) is 18.2 Å². The third kappa shape index (κ3) is 5.40. The van der Waals surface area contributed by atoms with Gasteiger partial charge in [-0.15, -0.1) is 0 Å². The second kappa shape index (κ2) is 10.3. The van der Waals surface area contributed by atoms with Crippen molar-refractivity contribution in [2.75, 3.05) is 39.5 Å². The Balaban J connectivity index is 1.58. The van der Waals surface area contributed by atoms with Crippen LogP contribution in [0.1, 0.15) is 39.0 Å². The fourth-order valence-corrected chi connectivity index (χ4v) is 5.13. The van der Waals surface area contributed by atoms with Gasteiger partial charge in [-0.05, 0) is 37.8 Å². The Labute approximate surface area is 172 Å². The molecule has 0 radical (unpaired) electrons. The van der Waals surface area contributed by atoms with Crippen LogP contribution in [0.5, 0.6) is 11.5 Å². The molecule has 1 aromatic carbocycles. The summed E-state index contributed by atoms with van der Waals surface area (Å²) in [7, 11) is -3.80. The second-order valence-electron chi connectivity index (χ2n) is 7.19. The maximum atomic E-state index is 13.1. The topological polar surface area (TPSA) is 94.2 Å². The van der Waals surface area contributed by atoms with E-state index in [-0.39, 0.29) is 10.8 Å². The largest absolute Gasteiger partial charge is 0.486 e. The highest BCUT2D eigenvalue weighted by atomic mass is 32.2. The normalized spacial score (nSPS) is 19.3. The van der Waals surface area contributed by atoms with E-state index in [1.165, 1.54) is 16.4 Å². The Morgan fingerprint density at radius 2 is 1.97 bits per heavy atom. The molecule has 0 spiro atoms. The van der Waals surface area contributed by atoms with Crippen LogP contribution in [0.15, 0.2) is 23.1 Å². The molecule has 1 aromatic rings. The first-order valence-corrected chi connectivity index (χ1v) is 11.7. The van der Waals surface area contributed by atoms with E-state index in [0.29, 0.717) is 63.7 Å². The summed E-state index contributed by atoms with van der Waals surface area (Å²) in [6.07, 6.45) is 3.99. The minimum atomic E-state index is -3.80. The minimum absolute atomic E-state index is 0.116. The van der Waals surface area contributed by atoms with Crippen molar-refractivity contribution in [1.29, 1.82) is 0 Å². The SMILES string of the molecule is CCCCOCCCNC(=O)C1CCCN1S(=O)(=O)c1ccc2c(c1)OCCO2. The number of rotatable bonds is 10. The molecule has 2 aliphatic rings. The molecule has 0 bridgehead atoms. The number of hydrogen-bond donors (Lipinski definition) is 1. The van der Waals surface area contributed by atoms with E-state index in [1.54, 1.807) is 6.07 Å². The summed E-state index contributed by atoms with van der Waals surface area (Å²) in [4.78, 5) is 12.7. The molecule has 1 amide bonds. The lowest BCUT2D eigenvalue weighted by atomic mass is 10.2. The van der Waals surface area contributed by atoms with Crippen molar-refractivity contribution < 1.29 is 27.4 Å². The summed E-state index contributed by atoms with van der Waals surface area (Å²) in [6.45, 7) is 5.05. The van der Waals surface area contributed by atoms with Crippen molar-refractivity contribution in [2.45, 2.75) is 50.0 Å².